The first-order chi connectivity index (χ1) is 14.6. The Morgan fingerprint density at radius 1 is 1.10 bits per heavy atom. The molecule has 0 saturated heterocycles. The Morgan fingerprint density at radius 3 is 2.63 bits per heavy atom. The number of esters is 1. The molecule has 0 radical (unpaired) electrons. The molecule has 2 N–H and O–H groups in total. The molecule has 1 heterocycles. The van der Waals surface area contributed by atoms with E-state index in [4.69, 9.17) is 4.74 Å². The quantitative estimate of drug-likeness (QED) is 0.242. The first-order valence-corrected chi connectivity index (χ1v) is 10.9. The topological polar surface area (TPSA) is 96.9 Å². The number of carbonyl (C=O) groups excluding carboxylic acids is 3. The molecule has 0 fully saturated rings. The van der Waals surface area contributed by atoms with E-state index in [2.05, 4.69) is 15.8 Å². The summed E-state index contributed by atoms with van der Waals surface area (Å²) >= 11 is 1.35. The number of carbonyl (C=O) groups is 3. The van der Waals surface area contributed by atoms with Crippen LogP contribution in [0, 0.1) is 0 Å². The van der Waals surface area contributed by atoms with Crippen molar-refractivity contribution in [2.75, 3.05) is 11.9 Å². The minimum atomic E-state index is -0.891. The molecule has 2 aromatic rings. The number of rotatable bonds is 6. The molecule has 8 heteroatoms. The molecular weight excluding hydrogens is 402 g/mol. The maximum absolute atomic E-state index is 12.5. The summed E-state index contributed by atoms with van der Waals surface area (Å²) < 4.78 is 5.19. The Hall–Kier alpha value is -3.00. The average Bonchev–Trinajstić information content (AvgIpc) is 2.92. The van der Waals surface area contributed by atoms with Gasteiger partial charge in [0.25, 0.3) is 0 Å². The molecule has 2 amide bonds. The lowest BCUT2D eigenvalue weighted by atomic mass is 10.1. The van der Waals surface area contributed by atoms with Crippen LogP contribution in [0.4, 0.5) is 5.00 Å². The van der Waals surface area contributed by atoms with E-state index in [9.17, 15) is 14.4 Å². The summed E-state index contributed by atoms with van der Waals surface area (Å²) in [6, 6.07) is 9.63. The van der Waals surface area contributed by atoms with E-state index in [1.165, 1.54) is 17.6 Å². The standard InChI is InChI=1S/C22H25N3O4S/c1-2-29-22(28)18-16-11-7-4-8-12-17(16)30-21(18)24-19(26)20(27)25-23-14-13-15-9-5-3-6-10-15/h3,5-6,9-10,14H,2,4,7-8,11-13H2,1H3,(H,24,26)(H,25,27)/b23-14+. The van der Waals surface area contributed by atoms with Crippen LogP contribution in [0.1, 0.15) is 52.5 Å². The van der Waals surface area contributed by atoms with Crippen LogP contribution < -0.4 is 10.7 Å². The highest BCUT2D eigenvalue weighted by molar-refractivity contribution is 7.17. The van der Waals surface area contributed by atoms with E-state index in [0.717, 1.165) is 48.1 Å². The Labute approximate surface area is 179 Å². The van der Waals surface area contributed by atoms with Crippen molar-refractivity contribution in [1.82, 2.24) is 5.43 Å². The third-order valence-electron chi connectivity index (χ3n) is 4.76. The van der Waals surface area contributed by atoms with Gasteiger partial charge in [0, 0.05) is 17.5 Å². The van der Waals surface area contributed by atoms with Crippen molar-refractivity contribution >= 4 is 40.3 Å². The Kier molecular flexibility index (Phi) is 7.73. The number of nitrogens with one attached hydrogen (secondary N) is 2. The fourth-order valence-electron chi connectivity index (χ4n) is 3.33. The number of hydrazone groups is 1. The maximum atomic E-state index is 12.5. The largest absolute Gasteiger partial charge is 0.462 e. The van der Waals surface area contributed by atoms with Crippen molar-refractivity contribution in [2.45, 2.75) is 45.4 Å². The number of benzene rings is 1. The number of aryl methyl sites for hydroxylation is 1. The number of hydrogen-bond acceptors (Lipinski definition) is 6. The van der Waals surface area contributed by atoms with Crippen molar-refractivity contribution in [3.63, 3.8) is 0 Å². The summed E-state index contributed by atoms with van der Waals surface area (Å²) in [5.41, 5.74) is 4.59. The predicted octanol–water partition coefficient (Wildman–Crippen LogP) is 3.48. The van der Waals surface area contributed by atoms with Gasteiger partial charge in [-0.2, -0.15) is 5.10 Å². The molecule has 30 heavy (non-hydrogen) atoms. The van der Waals surface area contributed by atoms with Crippen molar-refractivity contribution in [2.24, 2.45) is 5.10 Å². The summed E-state index contributed by atoms with van der Waals surface area (Å²) in [4.78, 5) is 38.1. The Morgan fingerprint density at radius 2 is 1.87 bits per heavy atom. The van der Waals surface area contributed by atoms with Gasteiger partial charge in [-0.3, -0.25) is 9.59 Å². The van der Waals surface area contributed by atoms with Gasteiger partial charge in [0.15, 0.2) is 0 Å². The van der Waals surface area contributed by atoms with Crippen LogP contribution in [-0.4, -0.2) is 30.6 Å². The molecular formula is C22H25N3O4S. The second-order valence-electron chi connectivity index (χ2n) is 6.89. The zero-order valence-electron chi connectivity index (χ0n) is 16.9. The van der Waals surface area contributed by atoms with Gasteiger partial charge < -0.3 is 10.1 Å². The van der Waals surface area contributed by atoms with Gasteiger partial charge in [-0.05, 0) is 43.7 Å². The summed E-state index contributed by atoms with van der Waals surface area (Å²) in [7, 11) is 0. The van der Waals surface area contributed by atoms with Crippen LogP contribution in [-0.2, 0) is 33.6 Å². The molecule has 0 bridgehead atoms. The Bertz CT molecular complexity index is 937. The second kappa shape index (κ2) is 10.7. The fraction of sp³-hybridized carbons (Fsp3) is 0.364. The van der Waals surface area contributed by atoms with Gasteiger partial charge in [0.2, 0.25) is 0 Å². The average molecular weight is 428 g/mol. The van der Waals surface area contributed by atoms with Gasteiger partial charge in [-0.1, -0.05) is 36.8 Å². The number of thiophene rings is 1. The molecule has 7 nitrogen and oxygen atoms in total. The normalized spacial score (nSPS) is 13.4. The molecule has 1 aromatic carbocycles. The number of fused-ring (bicyclic) bond motifs is 1. The van der Waals surface area contributed by atoms with Gasteiger partial charge >= 0.3 is 17.8 Å². The van der Waals surface area contributed by atoms with Crippen LogP contribution in [0.15, 0.2) is 35.4 Å². The van der Waals surface area contributed by atoms with E-state index in [1.54, 1.807) is 6.92 Å². The zero-order chi connectivity index (χ0) is 21.3. The molecule has 158 valence electrons. The molecule has 0 saturated carbocycles. The number of anilines is 1. The number of nitrogens with zero attached hydrogens (tertiary/aromatic N) is 1. The predicted molar refractivity (Wildman–Crippen MR) is 117 cm³/mol. The first-order valence-electron chi connectivity index (χ1n) is 10.1. The lowest BCUT2D eigenvalue weighted by Crippen LogP contribution is -2.32. The maximum Gasteiger partial charge on any atom is 0.341 e. The summed E-state index contributed by atoms with van der Waals surface area (Å²) in [6.07, 6.45) is 6.82. The van der Waals surface area contributed by atoms with Crippen molar-refractivity contribution in [3.05, 3.63) is 51.9 Å². The molecule has 0 aliphatic heterocycles. The highest BCUT2D eigenvalue weighted by atomic mass is 32.1. The van der Waals surface area contributed by atoms with Crippen LogP contribution in [0.2, 0.25) is 0 Å². The van der Waals surface area contributed by atoms with Crippen molar-refractivity contribution < 1.29 is 19.1 Å². The van der Waals surface area contributed by atoms with Crippen LogP contribution in [0.5, 0.6) is 0 Å². The third-order valence-corrected chi connectivity index (χ3v) is 5.97. The number of hydrogen-bond donors (Lipinski definition) is 2. The first kappa shape index (κ1) is 21.7. The van der Waals surface area contributed by atoms with Crippen molar-refractivity contribution in [1.29, 1.82) is 0 Å². The van der Waals surface area contributed by atoms with E-state index < -0.39 is 17.8 Å². The third kappa shape index (κ3) is 5.54. The SMILES string of the molecule is CCOC(=O)c1c(NC(=O)C(=O)N/N=C/Cc2ccccc2)sc2c1CCCCC2. The number of ether oxygens (including phenoxy) is 1. The van der Waals surface area contributed by atoms with Gasteiger partial charge in [0.05, 0.1) is 12.2 Å². The molecule has 3 rings (SSSR count). The van der Waals surface area contributed by atoms with Gasteiger partial charge in [-0.15, -0.1) is 11.3 Å². The minimum absolute atomic E-state index is 0.244. The smallest absolute Gasteiger partial charge is 0.341 e. The summed E-state index contributed by atoms with van der Waals surface area (Å²) in [6.45, 7) is 1.98. The molecule has 0 spiro atoms. The molecule has 0 unspecified atom stereocenters. The highest BCUT2D eigenvalue weighted by Crippen LogP contribution is 2.38. The fourth-order valence-corrected chi connectivity index (χ4v) is 4.60. The second-order valence-corrected chi connectivity index (χ2v) is 7.99. The van der Waals surface area contributed by atoms with E-state index in [1.807, 2.05) is 30.3 Å². The summed E-state index contributed by atoms with van der Waals surface area (Å²) in [5.74, 6) is -2.22. The molecule has 1 aromatic heterocycles. The lowest BCUT2D eigenvalue weighted by Gasteiger charge is -2.08. The molecule has 1 aliphatic carbocycles. The van der Waals surface area contributed by atoms with E-state index in [0.29, 0.717) is 17.0 Å². The van der Waals surface area contributed by atoms with Crippen LogP contribution >= 0.6 is 11.3 Å². The zero-order valence-corrected chi connectivity index (χ0v) is 17.7. The minimum Gasteiger partial charge on any atom is -0.462 e. The van der Waals surface area contributed by atoms with Gasteiger partial charge in [0.1, 0.15) is 5.00 Å². The van der Waals surface area contributed by atoms with Gasteiger partial charge in [-0.25, -0.2) is 10.2 Å². The van der Waals surface area contributed by atoms with Crippen LogP contribution in [0.25, 0.3) is 0 Å². The number of amides is 2. The molecule has 0 atom stereocenters. The molecule has 1 aliphatic rings. The lowest BCUT2D eigenvalue weighted by molar-refractivity contribution is -0.136. The van der Waals surface area contributed by atoms with Crippen LogP contribution in [0.3, 0.4) is 0 Å². The highest BCUT2D eigenvalue weighted by Gasteiger charge is 2.27. The van der Waals surface area contributed by atoms with Crippen molar-refractivity contribution in [3.8, 4) is 0 Å². The Balaban J connectivity index is 1.66. The monoisotopic (exact) mass is 427 g/mol. The van der Waals surface area contributed by atoms with E-state index in [-0.39, 0.29) is 6.61 Å². The summed E-state index contributed by atoms with van der Waals surface area (Å²) in [5, 5.41) is 6.77. The van der Waals surface area contributed by atoms with E-state index >= 15 is 0 Å².